The van der Waals surface area contributed by atoms with Gasteiger partial charge >= 0.3 is 5.97 Å². The van der Waals surface area contributed by atoms with Crippen molar-refractivity contribution in [3.05, 3.63) is 0 Å². The first-order valence-electron chi connectivity index (χ1n) is 3.97. The van der Waals surface area contributed by atoms with Crippen LogP contribution < -0.4 is 0 Å². The molecule has 0 atom stereocenters. The Labute approximate surface area is 76.6 Å². The summed E-state index contributed by atoms with van der Waals surface area (Å²) in [6, 6.07) is 0. The fourth-order valence-corrected chi connectivity index (χ4v) is 0.687. The van der Waals surface area contributed by atoms with Crippen LogP contribution in [0, 0.1) is 0 Å². The average Bonchev–Trinajstić information content (AvgIpc) is 2.02. The van der Waals surface area contributed by atoms with E-state index in [0.717, 1.165) is 0 Å². The molecule has 76 valence electrons. The zero-order valence-electron chi connectivity index (χ0n) is 7.62. The van der Waals surface area contributed by atoms with Crippen molar-refractivity contribution in [1.29, 1.82) is 0 Å². The van der Waals surface area contributed by atoms with Crippen molar-refractivity contribution < 1.29 is 24.2 Å². The lowest BCUT2D eigenvalue weighted by Crippen LogP contribution is -2.11. The Hall–Kier alpha value is -0.940. The highest BCUT2D eigenvalue weighted by Gasteiger charge is 2.06. The summed E-state index contributed by atoms with van der Waals surface area (Å²) in [5.74, 6) is -1.41. The molecule has 0 aromatic rings. The van der Waals surface area contributed by atoms with Crippen molar-refractivity contribution in [3.63, 3.8) is 0 Å². The van der Waals surface area contributed by atoms with Gasteiger partial charge in [0.2, 0.25) is 0 Å². The maximum atomic E-state index is 10.8. The SMILES string of the molecule is COCCOCCC(=O)CC(=O)O. The number of carbonyl (C=O) groups is 2. The van der Waals surface area contributed by atoms with Crippen molar-refractivity contribution in [1.82, 2.24) is 0 Å². The molecule has 0 aromatic carbocycles. The standard InChI is InChI=1S/C8H14O5/c1-12-4-5-13-3-2-7(9)6-8(10)11/h2-6H2,1H3,(H,10,11). The minimum atomic E-state index is -1.10. The topological polar surface area (TPSA) is 72.8 Å². The van der Waals surface area contributed by atoms with E-state index in [9.17, 15) is 9.59 Å². The molecule has 5 nitrogen and oxygen atoms in total. The van der Waals surface area contributed by atoms with E-state index >= 15 is 0 Å². The van der Waals surface area contributed by atoms with E-state index in [1.54, 1.807) is 7.11 Å². The molecule has 13 heavy (non-hydrogen) atoms. The van der Waals surface area contributed by atoms with E-state index in [4.69, 9.17) is 14.6 Å². The van der Waals surface area contributed by atoms with Crippen LogP contribution in [-0.4, -0.2) is 43.8 Å². The van der Waals surface area contributed by atoms with Gasteiger partial charge < -0.3 is 14.6 Å². The zero-order valence-corrected chi connectivity index (χ0v) is 7.62. The van der Waals surface area contributed by atoms with Gasteiger partial charge in [0.15, 0.2) is 0 Å². The third kappa shape index (κ3) is 8.97. The molecule has 0 aliphatic heterocycles. The van der Waals surface area contributed by atoms with Gasteiger partial charge in [0, 0.05) is 13.5 Å². The number of aliphatic carboxylic acids is 1. The summed E-state index contributed by atoms with van der Waals surface area (Å²) >= 11 is 0. The summed E-state index contributed by atoms with van der Waals surface area (Å²) in [5.41, 5.74) is 0. The highest BCUT2D eigenvalue weighted by molar-refractivity contribution is 5.94. The van der Waals surface area contributed by atoms with Gasteiger partial charge in [-0.05, 0) is 0 Å². The van der Waals surface area contributed by atoms with E-state index in [1.165, 1.54) is 0 Å². The molecule has 0 radical (unpaired) electrons. The van der Waals surface area contributed by atoms with Crippen LogP contribution in [0.3, 0.4) is 0 Å². The number of hydrogen-bond donors (Lipinski definition) is 1. The number of ketones is 1. The van der Waals surface area contributed by atoms with Crippen LogP contribution in [-0.2, 0) is 19.1 Å². The van der Waals surface area contributed by atoms with Crippen LogP contribution in [0.5, 0.6) is 0 Å². The fraction of sp³-hybridized carbons (Fsp3) is 0.750. The van der Waals surface area contributed by atoms with Crippen molar-refractivity contribution in [2.24, 2.45) is 0 Å². The van der Waals surface area contributed by atoms with Crippen molar-refractivity contribution >= 4 is 11.8 Å². The van der Waals surface area contributed by atoms with Gasteiger partial charge in [-0.15, -0.1) is 0 Å². The third-order valence-corrected chi connectivity index (χ3v) is 1.31. The highest BCUT2D eigenvalue weighted by atomic mass is 16.5. The number of carboxylic acids is 1. The molecule has 1 N–H and O–H groups in total. The molecular formula is C8H14O5. The molecule has 0 aliphatic carbocycles. The van der Waals surface area contributed by atoms with Gasteiger partial charge in [-0.3, -0.25) is 9.59 Å². The summed E-state index contributed by atoms with van der Waals surface area (Å²) in [6.07, 6.45) is -0.274. The minimum Gasteiger partial charge on any atom is -0.481 e. The number of hydrogen-bond acceptors (Lipinski definition) is 4. The second-order valence-corrected chi connectivity index (χ2v) is 2.46. The zero-order chi connectivity index (χ0) is 10.1. The molecule has 0 fully saturated rings. The molecule has 0 bridgehead atoms. The summed E-state index contributed by atoms with van der Waals surface area (Å²) < 4.78 is 9.70. The molecule has 0 amide bonds. The van der Waals surface area contributed by atoms with Crippen LogP contribution in [0.1, 0.15) is 12.8 Å². The lowest BCUT2D eigenvalue weighted by atomic mass is 10.2. The van der Waals surface area contributed by atoms with E-state index in [0.29, 0.717) is 13.2 Å². The number of Topliss-reactive ketones (excluding diaryl/α,β-unsaturated/α-hetero) is 1. The smallest absolute Gasteiger partial charge is 0.310 e. The second-order valence-electron chi connectivity index (χ2n) is 2.46. The van der Waals surface area contributed by atoms with E-state index in [-0.39, 0.29) is 18.8 Å². The van der Waals surface area contributed by atoms with Crippen molar-refractivity contribution in [3.8, 4) is 0 Å². The Balaban J connectivity index is 3.22. The Morgan fingerprint density at radius 1 is 1.23 bits per heavy atom. The molecule has 0 saturated heterocycles. The quantitative estimate of drug-likeness (QED) is 0.433. The Bertz CT molecular complexity index is 166. The van der Waals surface area contributed by atoms with Crippen LogP contribution in [0.25, 0.3) is 0 Å². The third-order valence-electron chi connectivity index (χ3n) is 1.31. The number of carbonyl (C=O) groups excluding carboxylic acids is 1. The average molecular weight is 190 g/mol. The normalized spacial score (nSPS) is 9.92. The monoisotopic (exact) mass is 190 g/mol. The largest absolute Gasteiger partial charge is 0.481 e. The highest BCUT2D eigenvalue weighted by Crippen LogP contribution is 1.91. The number of ether oxygens (including phenoxy) is 2. The van der Waals surface area contributed by atoms with Gasteiger partial charge in [-0.2, -0.15) is 0 Å². The molecule has 0 rings (SSSR count). The first kappa shape index (κ1) is 12.1. The predicted molar refractivity (Wildman–Crippen MR) is 44.6 cm³/mol. The van der Waals surface area contributed by atoms with Crippen LogP contribution in [0.2, 0.25) is 0 Å². The van der Waals surface area contributed by atoms with Gasteiger partial charge in [0.25, 0.3) is 0 Å². The van der Waals surface area contributed by atoms with Gasteiger partial charge in [-0.25, -0.2) is 0 Å². The molecule has 0 heterocycles. The number of rotatable bonds is 8. The van der Waals surface area contributed by atoms with E-state index < -0.39 is 12.4 Å². The molecule has 0 aromatic heterocycles. The summed E-state index contributed by atoms with van der Waals surface area (Å²) in [5, 5.41) is 8.24. The van der Waals surface area contributed by atoms with Gasteiger partial charge in [0.05, 0.1) is 19.8 Å². The maximum absolute atomic E-state index is 10.8. The molecule has 0 saturated carbocycles. The number of carboxylic acid groups (broad SMARTS) is 1. The predicted octanol–water partition coefficient (Wildman–Crippen LogP) is 0.0833. The van der Waals surface area contributed by atoms with Crippen LogP contribution in [0.4, 0.5) is 0 Å². The van der Waals surface area contributed by atoms with Crippen LogP contribution in [0.15, 0.2) is 0 Å². The first-order chi connectivity index (χ1) is 6.16. The Morgan fingerprint density at radius 3 is 2.46 bits per heavy atom. The Kier molecular flexibility index (Phi) is 7.14. The minimum absolute atomic E-state index is 0.149. The lowest BCUT2D eigenvalue weighted by molar-refractivity contribution is -0.140. The lowest BCUT2D eigenvalue weighted by Gasteiger charge is -2.01. The fourth-order valence-electron chi connectivity index (χ4n) is 0.687. The second kappa shape index (κ2) is 7.70. The van der Waals surface area contributed by atoms with E-state index in [1.807, 2.05) is 0 Å². The van der Waals surface area contributed by atoms with Gasteiger partial charge in [-0.1, -0.05) is 0 Å². The summed E-state index contributed by atoms with van der Waals surface area (Å²) in [4.78, 5) is 20.9. The van der Waals surface area contributed by atoms with Crippen molar-refractivity contribution in [2.45, 2.75) is 12.8 Å². The van der Waals surface area contributed by atoms with Crippen molar-refractivity contribution in [2.75, 3.05) is 26.9 Å². The number of methoxy groups -OCH3 is 1. The summed E-state index contributed by atoms with van der Waals surface area (Å²) in [7, 11) is 1.55. The Morgan fingerprint density at radius 2 is 1.92 bits per heavy atom. The van der Waals surface area contributed by atoms with E-state index in [2.05, 4.69) is 0 Å². The molecule has 0 aliphatic rings. The molecular weight excluding hydrogens is 176 g/mol. The van der Waals surface area contributed by atoms with Crippen LogP contribution >= 0.6 is 0 Å². The molecule has 0 unspecified atom stereocenters. The maximum Gasteiger partial charge on any atom is 0.310 e. The molecule has 0 spiro atoms. The molecule has 5 heteroatoms. The summed E-state index contributed by atoms with van der Waals surface area (Å²) in [6.45, 7) is 1.17. The first-order valence-corrected chi connectivity index (χ1v) is 3.97. The van der Waals surface area contributed by atoms with Gasteiger partial charge in [0.1, 0.15) is 12.2 Å².